The number of fused-ring (bicyclic) bond motifs is 1. The molecule has 0 aliphatic rings. The van der Waals surface area contributed by atoms with Gasteiger partial charge < -0.3 is 19.5 Å². The number of aromatic carboxylic acids is 1. The van der Waals surface area contributed by atoms with Gasteiger partial charge in [-0.05, 0) is 36.8 Å². The summed E-state index contributed by atoms with van der Waals surface area (Å²) in [5.74, 6) is -1.35. The fourth-order valence-electron chi connectivity index (χ4n) is 5.46. The number of ether oxygens (including phenoxy) is 1. The summed E-state index contributed by atoms with van der Waals surface area (Å²) in [5, 5.41) is 24.0. The van der Waals surface area contributed by atoms with E-state index in [0.29, 0.717) is 17.8 Å². The molecule has 2 aromatic carbocycles. The highest BCUT2D eigenvalue weighted by molar-refractivity contribution is 7.89. The number of aromatic hydroxyl groups is 1. The second-order valence-corrected chi connectivity index (χ2v) is 13.4. The van der Waals surface area contributed by atoms with E-state index in [0.717, 1.165) is 41.9 Å². The minimum absolute atomic E-state index is 0.316. The predicted molar refractivity (Wildman–Crippen MR) is 179 cm³/mol. The molecule has 9 nitrogen and oxygen atoms in total. The van der Waals surface area contributed by atoms with E-state index in [4.69, 9.17) is 4.74 Å². The van der Waals surface area contributed by atoms with Crippen LogP contribution in [-0.4, -0.2) is 35.8 Å². The van der Waals surface area contributed by atoms with Crippen LogP contribution in [0.4, 0.5) is 0 Å². The van der Waals surface area contributed by atoms with E-state index in [-0.39, 0.29) is 4.90 Å². The van der Waals surface area contributed by atoms with E-state index in [2.05, 4.69) is 16.9 Å². The lowest BCUT2D eigenvalue weighted by Crippen LogP contribution is -2.27. The molecule has 0 aliphatic carbocycles. The highest BCUT2D eigenvalue weighted by Gasteiger charge is 2.18. The Hall–Kier alpha value is -3.53. The van der Waals surface area contributed by atoms with Gasteiger partial charge in [0, 0.05) is 18.5 Å². The van der Waals surface area contributed by atoms with Crippen molar-refractivity contribution in [2.75, 3.05) is 6.61 Å². The maximum absolute atomic E-state index is 12.9. The lowest BCUT2D eigenvalue weighted by molar-refractivity contribution is 0.0693. The Morgan fingerprint density at radius 2 is 1.38 bits per heavy atom. The molecule has 1 heterocycles. The standard InChI is InChI=1S/C35H51N3O6S/c1-3-4-5-6-7-8-9-10-11-12-13-14-15-16-17-20-25-44-33-27-34(38(2)31-22-19-18-21-29(31)33)36-37-45(42,43)28-23-24-32(39)30(26-28)35(40)41/h18-19,21-24,26-27,37,39H,3-17,20,25H2,1-2H3,(H,40,41). The number of rotatable bonds is 22. The molecule has 0 saturated carbocycles. The third-order valence-corrected chi connectivity index (χ3v) is 9.39. The fraction of sp³-hybridized carbons (Fsp3) is 0.543. The Morgan fingerprint density at radius 1 is 0.822 bits per heavy atom. The van der Waals surface area contributed by atoms with Gasteiger partial charge in [0.2, 0.25) is 0 Å². The molecule has 0 spiro atoms. The first kappa shape index (κ1) is 35.9. The number of aryl methyl sites for hydroxylation is 1. The number of carboxylic acids is 1. The number of phenols is 1. The molecule has 45 heavy (non-hydrogen) atoms. The average Bonchev–Trinajstić information content (AvgIpc) is 3.03. The van der Waals surface area contributed by atoms with Crippen LogP contribution in [0.5, 0.6) is 11.5 Å². The number of hydrogen-bond acceptors (Lipinski definition) is 6. The van der Waals surface area contributed by atoms with Crippen LogP contribution in [0.1, 0.15) is 120 Å². The quantitative estimate of drug-likeness (QED) is 0.0752. The number of nitrogens with zero attached hydrogens (tertiary/aromatic N) is 2. The summed E-state index contributed by atoms with van der Waals surface area (Å²) in [4.78, 5) is 13.2. The molecule has 0 bridgehead atoms. The van der Waals surface area contributed by atoms with Gasteiger partial charge in [-0.3, -0.25) is 0 Å². The molecule has 0 atom stereocenters. The van der Waals surface area contributed by atoms with Crippen LogP contribution < -0.4 is 15.1 Å². The first-order valence-electron chi connectivity index (χ1n) is 16.6. The van der Waals surface area contributed by atoms with Gasteiger partial charge in [0.05, 0.1) is 17.0 Å². The summed E-state index contributed by atoms with van der Waals surface area (Å²) in [6.45, 7) is 2.81. The molecule has 248 valence electrons. The van der Waals surface area contributed by atoms with Crippen molar-refractivity contribution in [1.82, 2.24) is 9.40 Å². The first-order valence-corrected chi connectivity index (χ1v) is 18.1. The van der Waals surface area contributed by atoms with E-state index in [1.807, 2.05) is 24.3 Å². The molecule has 0 amide bonds. The van der Waals surface area contributed by atoms with Crippen LogP contribution in [0.3, 0.4) is 0 Å². The number of para-hydroxylation sites is 1. The number of carboxylic acid groups (broad SMARTS) is 1. The summed E-state index contributed by atoms with van der Waals surface area (Å²) in [5.41, 5.74) is 0.619. The van der Waals surface area contributed by atoms with Crippen molar-refractivity contribution in [1.29, 1.82) is 0 Å². The number of hydrogen-bond donors (Lipinski definition) is 3. The second kappa shape index (κ2) is 19.1. The van der Waals surface area contributed by atoms with Gasteiger partial charge in [0.1, 0.15) is 17.1 Å². The molecular weight excluding hydrogens is 590 g/mol. The minimum Gasteiger partial charge on any atom is -0.507 e. The SMILES string of the molecule is CCCCCCCCCCCCCCCCCCOc1cc(=NNS(=O)(=O)c2ccc(O)c(C(=O)O)c2)n(C)c2ccccc12. The Balaban J connectivity index is 1.46. The molecule has 0 unspecified atom stereocenters. The molecule has 0 aliphatic heterocycles. The first-order chi connectivity index (χ1) is 21.7. The minimum atomic E-state index is -4.20. The van der Waals surface area contributed by atoms with Crippen LogP contribution in [0.25, 0.3) is 10.9 Å². The van der Waals surface area contributed by atoms with Gasteiger partial charge in [-0.2, -0.15) is 13.2 Å². The van der Waals surface area contributed by atoms with Crippen molar-refractivity contribution < 1.29 is 28.2 Å². The molecule has 10 heteroatoms. The number of nitrogens with one attached hydrogen (secondary N) is 1. The molecule has 0 saturated heterocycles. The maximum atomic E-state index is 12.9. The van der Waals surface area contributed by atoms with Crippen LogP contribution in [-0.2, 0) is 17.1 Å². The van der Waals surface area contributed by atoms with Crippen molar-refractivity contribution in [2.45, 2.75) is 115 Å². The van der Waals surface area contributed by atoms with Gasteiger partial charge in [-0.25, -0.2) is 4.79 Å². The smallest absolute Gasteiger partial charge is 0.339 e. The van der Waals surface area contributed by atoms with Crippen LogP contribution in [0.15, 0.2) is 58.5 Å². The van der Waals surface area contributed by atoms with Gasteiger partial charge in [-0.15, -0.1) is 5.10 Å². The number of benzene rings is 2. The van der Waals surface area contributed by atoms with Crippen LogP contribution >= 0.6 is 0 Å². The van der Waals surface area contributed by atoms with E-state index >= 15 is 0 Å². The third kappa shape index (κ3) is 11.7. The Morgan fingerprint density at radius 3 is 1.96 bits per heavy atom. The van der Waals surface area contributed by atoms with Crippen molar-refractivity contribution in [2.24, 2.45) is 12.1 Å². The molecule has 0 radical (unpaired) electrons. The van der Waals surface area contributed by atoms with E-state index in [1.54, 1.807) is 17.7 Å². The monoisotopic (exact) mass is 641 g/mol. The van der Waals surface area contributed by atoms with Crippen molar-refractivity contribution >= 4 is 26.9 Å². The maximum Gasteiger partial charge on any atom is 0.339 e. The molecule has 3 rings (SSSR count). The molecule has 1 aromatic heterocycles. The summed E-state index contributed by atoms with van der Waals surface area (Å²) >= 11 is 0. The van der Waals surface area contributed by atoms with Gasteiger partial charge >= 0.3 is 5.97 Å². The van der Waals surface area contributed by atoms with Crippen LogP contribution in [0.2, 0.25) is 0 Å². The molecule has 0 fully saturated rings. The largest absolute Gasteiger partial charge is 0.507 e. The number of carbonyl (C=O) groups is 1. The zero-order valence-electron chi connectivity index (χ0n) is 27.0. The summed E-state index contributed by atoms with van der Waals surface area (Å²) in [6, 6.07) is 12.4. The number of aromatic nitrogens is 1. The Kier molecular flexibility index (Phi) is 15.2. The highest BCUT2D eigenvalue weighted by Crippen LogP contribution is 2.24. The molecule has 3 aromatic rings. The number of pyridine rings is 1. The predicted octanol–water partition coefficient (Wildman–Crippen LogP) is 8.02. The van der Waals surface area contributed by atoms with Crippen LogP contribution in [0, 0.1) is 0 Å². The summed E-state index contributed by atoms with van der Waals surface area (Å²) in [7, 11) is -2.43. The van der Waals surface area contributed by atoms with Gasteiger partial charge in [-0.1, -0.05) is 115 Å². The van der Waals surface area contributed by atoms with E-state index < -0.39 is 27.3 Å². The van der Waals surface area contributed by atoms with Crippen molar-refractivity contribution in [3.63, 3.8) is 0 Å². The molecule has 3 N–H and O–H groups in total. The summed E-state index contributed by atoms with van der Waals surface area (Å²) < 4.78 is 33.7. The molecular formula is C35H51N3O6S. The van der Waals surface area contributed by atoms with Gasteiger partial charge in [0.15, 0.2) is 5.49 Å². The Labute approximate surface area is 268 Å². The number of sulfonamides is 1. The van der Waals surface area contributed by atoms with Gasteiger partial charge in [0.25, 0.3) is 10.0 Å². The second-order valence-electron chi connectivity index (χ2n) is 11.8. The summed E-state index contributed by atoms with van der Waals surface area (Å²) in [6.07, 6.45) is 20.9. The zero-order chi connectivity index (χ0) is 32.5. The number of unbranched alkanes of at least 4 members (excludes halogenated alkanes) is 15. The zero-order valence-corrected chi connectivity index (χ0v) is 27.8. The van der Waals surface area contributed by atoms with E-state index in [1.165, 1.54) is 89.9 Å². The lowest BCUT2D eigenvalue weighted by atomic mass is 10.0. The highest BCUT2D eigenvalue weighted by atomic mass is 32.2. The fourth-order valence-corrected chi connectivity index (χ4v) is 6.30. The third-order valence-electron chi connectivity index (χ3n) is 8.18. The van der Waals surface area contributed by atoms with Crippen molar-refractivity contribution in [3.05, 3.63) is 59.6 Å². The van der Waals surface area contributed by atoms with E-state index in [9.17, 15) is 23.4 Å². The lowest BCUT2D eigenvalue weighted by Gasteiger charge is -2.13. The van der Waals surface area contributed by atoms with Crippen molar-refractivity contribution in [3.8, 4) is 11.5 Å². The Bertz CT molecular complexity index is 1530. The topological polar surface area (TPSA) is 130 Å². The normalized spacial score (nSPS) is 12.1. The average molecular weight is 642 g/mol.